The van der Waals surface area contributed by atoms with Crippen molar-refractivity contribution in [3.63, 3.8) is 0 Å². The Morgan fingerprint density at radius 2 is 2.15 bits per heavy atom. The highest BCUT2D eigenvalue weighted by atomic mass is 16.5. The second-order valence-corrected chi connectivity index (χ2v) is 6.94. The van der Waals surface area contributed by atoms with Crippen molar-refractivity contribution in [1.82, 2.24) is 5.32 Å². The molecule has 0 saturated heterocycles. The van der Waals surface area contributed by atoms with Crippen molar-refractivity contribution in [3.8, 4) is 5.75 Å². The van der Waals surface area contributed by atoms with Crippen LogP contribution in [0.15, 0.2) is 52.5 Å². The lowest BCUT2D eigenvalue weighted by atomic mass is 9.95. The van der Waals surface area contributed by atoms with Gasteiger partial charge in [0.15, 0.2) is 0 Å². The van der Waals surface area contributed by atoms with Gasteiger partial charge in [-0.3, -0.25) is 4.79 Å². The maximum absolute atomic E-state index is 11.2. The van der Waals surface area contributed by atoms with Crippen LogP contribution in [0.3, 0.4) is 0 Å². The van der Waals surface area contributed by atoms with E-state index in [0.29, 0.717) is 19.1 Å². The summed E-state index contributed by atoms with van der Waals surface area (Å²) in [7, 11) is 0. The summed E-state index contributed by atoms with van der Waals surface area (Å²) in [6, 6.07) is 7.53. The third kappa shape index (κ3) is 4.80. The predicted molar refractivity (Wildman–Crippen MR) is 106 cm³/mol. The van der Waals surface area contributed by atoms with Crippen LogP contribution < -0.4 is 10.1 Å². The molecule has 3 atom stereocenters. The zero-order chi connectivity index (χ0) is 19.4. The van der Waals surface area contributed by atoms with Gasteiger partial charge in [0.2, 0.25) is 5.91 Å². The summed E-state index contributed by atoms with van der Waals surface area (Å²) >= 11 is 0. The Morgan fingerprint density at radius 3 is 2.85 bits per heavy atom. The summed E-state index contributed by atoms with van der Waals surface area (Å²) in [5.74, 6) is 1.77. The number of nitrogens with one attached hydrogen (secondary N) is 1. The third-order valence-electron chi connectivity index (χ3n) is 4.61. The van der Waals surface area contributed by atoms with Crippen LogP contribution in [0.2, 0.25) is 0 Å². The number of fused-ring (bicyclic) bond motifs is 1. The fourth-order valence-electron chi connectivity index (χ4n) is 3.27. The normalized spacial score (nSPS) is 20.4. The van der Waals surface area contributed by atoms with E-state index in [1.165, 1.54) is 6.92 Å². The smallest absolute Gasteiger partial charge is 0.217 e. The second kappa shape index (κ2) is 8.44. The highest BCUT2D eigenvalue weighted by molar-refractivity contribution is 5.80. The van der Waals surface area contributed by atoms with Gasteiger partial charge in [0.05, 0.1) is 12.1 Å². The van der Waals surface area contributed by atoms with Gasteiger partial charge in [-0.25, -0.2) is 0 Å². The molecule has 0 radical (unpaired) electrons. The number of rotatable bonds is 7. The first kappa shape index (κ1) is 19.2. The van der Waals surface area contributed by atoms with E-state index in [0.717, 1.165) is 28.1 Å². The van der Waals surface area contributed by atoms with E-state index >= 15 is 0 Å². The average molecular weight is 369 g/mol. The quantitative estimate of drug-likeness (QED) is 0.778. The fourth-order valence-corrected chi connectivity index (χ4v) is 3.27. The Morgan fingerprint density at radius 1 is 1.33 bits per heavy atom. The highest BCUT2D eigenvalue weighted by Crippen LogP contribution is 2.28. The maximum Gasteiger partial charge on any atom is 0.217 e. The molecule has 0 saturated carbocycles. The number of hydrogen-bond acceptors (Lipinski definition) is 4. The molecule has 3 rings (SSSR count). The molecule has 1 aliphatic rings. The monoisotopic (exact) mass is 369 g/mol. The molecule has 0 aliphatic heterocycles. The van der Waals surface area contributed by atoms with Gasteiger partial charge in [-0.15, -0.1) is 0 Å². The van der Waals surface area contributed by atoms with Crippen molar-refractivity contribution in [3.05, 3.63) is 53.8 Å². The molecule has 5 heteroatoms. The van der Waals surface area contributed by atoms with Crippen LogP contribution in [0.1, 0.15) is 39.5 Å². The lowest BCUT2D eigenvalue weighted by Crippen LogP contribution is -2.23. The van der Waals surface area contributed by atoms with Gasteiger partial charge in [-0.05, 0) is 43.7 Å². The molecule has 0 bridgehead atoms. The minimum atomic E-state index is -0.170. The summed E-state index contributed by atoms with van der Waals surface area (Å²) < 4.78 is 17.5. The number of furan rings is 1. The molecule has 1 aromatic heterocycles. The number of ether oxygens (including phenoxy) is 2. The van der Waals surface area contributed by atoms with E-state index in [1.807, 2.05) is 38.1 Å². The third-order valence-corrected chi connectivity index (χ3v) is 4.61. The van der Waals surface area contributed by atoms with Gasteiger partial charge in [-0.2, -0.15) is 0 Å². The lowest BCUT2D eigenvalue weighted by molar-refractivity contribution is -0.119. The van der Waals surface area contributed by atoms with Crippen LogP contribution >= 0.6 is 0 Å². The molecule has 5 nitrogen and oxygen atoms in total. The molecule has 1 N–H and O–H groups in total. The van der Waals surface area contributed by atoms with E-state index in [4.69, 9.17) is 13.9 Å². The summed E-state index contributed by atoms with van der Waals surface area (Å²) in [5.41, 5.74) is 1.92. The lowest BCUT2D eigenvalue weighted by Gasteiger charge is -2.22. The Bertz CT molecular complexity index is 864. The Balaban J connectivity index is 1.65. The van der Waals surface area contributed by atoms with Gasteiger partial charge >= 0.3 is 0 Å². The summed E-state index contributed by atoms with van der Waals surface area (Å²) in [4.78, 5) is 11.2. The molecule has 2 aromatic rings. The number of amides is 1. The first-order valence-electron chi connectivity index (χ1n) is 9.40. The van der Waals surface area contributed by atoms with E-state index in [9.17, 15) is 4.79 Å². The van der Waals surface area contributed by atoms with Gasteiger partial charge in [0.25, 0.3) is 0 Å². The molecular weight excluding hydrogens is 342 g/mol. The van der Waals surface area contributed by atoms with E-state index < -0.39 is 0 Å². The topological polar surface area (TPSA) is 60.7 Å². The van der Waals surface area contributed by atoms with Crippen molar-refractivity contribution in [2.24, 2.45) is 5.92 Å². The van der Waals surface area contributed by atoms with Crippen molar-refractivity contribution in [2.75, 3.05) is 13.2 Å². The zero-order valence-corrected chi connectivity index (χ0v) is 16.3. The largest absolute Gasteiger partial charge is 0.489 e. The first-order valence-corrected chi connectivity index (χ1v) is 9.40. The standard InChI is InChI=1S/C22H27NO4/c1-5-25-20-8-6-17(10-14(20)2)13-26-19-7-9-21-18(11-19)12-22(27-21)15(3)23-16(4)24/h6-12,14-15,20H,5,13H2,1-4H3,(H,23,24). The van der Waals surface area contributed by atoms with Gasteiger partial charge < -0.3 is 19.2 Å². The predicted octanol–water partition coefficient (Wildman–Crippen LogP) is 4.55. The van der Waals surface area contributed by atoms with Gasteiger partial charge in [0.1, 0.15) is 23.7 Å². The second-order valence-electron chi connectivity index (χ2n) is 6.94. The van der Waals surface area contributed by atoms with Crippen LogP contribution in [-0.2, 0) is 9.53 Å². The summed E-state index contributed by atoms with van der Waals surface area (Å²) in [5, 5.41) is 3.79. The molecule has 1 heterocycles. The van der Waals surface area contributed by atoms with E-state index in [2.05, 4.69) is 30.5 Å². The Labute approximate surface area is 160 Å². The van der Waals surface area contributed by atoms with Crippen LogP contribution in [-0.4, -0.2) is 25.2 Å². The Hall–Kier alpha value is -2.53. The van der Waals surface area contributed by atoms with Crippen molar-refractivity contribution >= 4 is 16.9 Å². The SMILES string of the molecule is CCOC1C=CC(COc2ccc3oc(C(C)NC(C)=O)cc3c2)=CC1C. The molecule has 0 spiro atoms. The molecule has 1 aromatic carbocycles. The number of carbonyl (C=O) groups excluding carboxylic acids is 1. The fraction of sp³-hybridized carbons (Fsp3) is 0.409. The number of hydrogen-bond donors (Lipinski definition) is 1. The number of carbonyl (C=O) groups is 1. The summed E-state index contributed by atoms with van der Waals surface area (Å²) in [6.45, 7) is 8.78. The minimum Gasteiger partial charge on any atom is -0.489 e. The highest BCUT2D eigenvalue weighted by Gasteiger charge is 2.17. The van der Waals surface area contributed by atoms with Gasteiger partial charge in [-0.1, -0.05) is 25.2 Å². The van der Waals surface area contributed by atoms with Crippen LogP contribution in [0.25, 0.3) is 11.0 Å². The molecule has 27 heavy (non-hydrogen) atoms. The van der Waals surface area contributed by atoms with E-state index in [1.54, 1.807) is 0 Å². The van der Waals surface area contributed by atoms with E-state index in [-0.39, 0.29) is 18.1 Å². The zero-order valence-electron chi connectivity index (χ0n) is 16.3. The number of benzene rings is 1. The molecule has 1 aliphatic carbocycles. The van der Waals surface area contributed by atoms with Crippen LogP contribution in [0.4, 0.5) is 0 Å². The first-order chi connectivity index (χ1) is 13.0. The molecule has 0 fully saturated rings. The molecule has 144 valence electrons. The maximum atomic E-state index is 11.2. The minimum absolute atomic E-state index is 0.0819. The molecular formula is C22H27NO4. The van der Waals surface area contributed by atoms with Crippen molar-refractivity contribution in [1.29, 1.82) is 0 Å². The van der Waals surface area contributed by atoms with Crippen LogP contribution in [0.5, 0.6) is 5.75 Å². The summed E-state index contributed by atoms with van der Waals surface area (Å²) in [6.07, 6.45) is 6.51. The average Bonchev–Trinajstić information content (AvgIpc) is 3.05. The molecule has 1 amide bonds. The van der Waals surface area contributed by atoms with Gasteiger partial charge in [0, 0.05) is 24.8 Å². The van der Waals surface area contributed by atoms with Crippen LogP contribution in [0, 0.1) is 5.92 Å². The Kier molecular flexibility index (Phi) is 6.01. The van der Waals surface area contributed by atoms with Crippen molar-refractivity contribution in [2.45, 2.75) is 39.8 Å². The molecule has 3 unspecified atom stereocenters. The van der Waals surface area contributed by atoms with Crippen molar-refractivity contribution < 1.29 is 18.7 Å².